The largest absolute Gasteiger partial charge is 0.327 e. The molecule has 0 amide bonds. The molecule has 0 aromatic carbocycles. The molecule has 128 valence electrons. The molecule has 0 aromatic heterocycles. The molecule has 0 N–H and O–H groups in total. The van der Waals surface area contributed by atoms with E-state index in [9.17, 15) is 13.7 Å². The molecule has 0 aliphatic rings. The molecule has 0 rings (SSSR count). The van der Waals surface area contributed by atoms with Gasteiger partial charge < -0.3 is 27.1 Å². The first-order valence-electron chi connectivity index (χ1n) is 5.84. The molecule has 0 saturated carbocycles. The zero-order valence-electron chi connectivity index (χ0n) is 13.0. The van der Waals surface area contributed by atoms with Gasteiger partial charge in [0.2, 0.25) is 0 Å². The van der Waals surface area contributed by atoms with Crippen LogP contribution in [0.2, 0.25) is 0 Å². The first-order valence-corrected chi connectivity index (χ1v) is 11.8. The summed E-state index contributed by atoms with van der Waals surface area (Å²) in [5, 5.41) is 0. The van der Waals surface area contributed by atoms with E-state index in [4.69, 9.17) is 18.1 Å². The molecular formula is C9H23O9P3. The molecule has 9 nitrogen and oxygen atoms in total. The summed E-state index contributed by atoms with van der Waals surface area (Å²) in [5.41, 5.74) is 0. The van der Waals surface area contributed by atoms with Gasteiger partial charge in [0, 0.05) is 41.3 Å². The van der Waals surface area contributed by atoms with Crippen molar-refractivity contribution in [1.82, 2.24) is 0 Å². The second-order valence-electron chi connectivity index (χ2n) is 4.18. The van der Waals surface area contributed by atoms with Crippen LogP contribution in [-0.2, 0) is 40.8 Å². The van der Waals surface area contributed by atoms with Crippen molar-refractivity contribution in [1.29, 1.82) is 0 Å². The van der Waals surface area contributed by atoms with Crippen molar-refractivity contribution in [3.05, 3.63) is 0 Å². The predicted molar refractivity (Wildman–Crippen MR) is 78.4 cm³/mol. The van der Waals surface area contributed by atoms with Crippen LogP contribution in [-0.4, -0.2) is 60.6 Å². The smallest absolute Gasteiger partial charge is 0.312 e. The molecule has 21 heavy (non-hydrogen) atoms. The molecule has 0 spiro atoms. The Morgan fingerprint density at radius 3 is 1.33 bits per heavy atom. The minimum atomic E-state index is -3.33. The summed E-state index contributed by atoms with van der Waals surface area (Å²) in [4.78, 5) is 0. The van der Waals surface area contributed by atoms with Crippen molar-refractivity contribution in [2.75, 3.05) is 54.5 Å². The highest BCUT2D eigenvalue weighted by molar-refractivity contribution is 7.53. The molecular weight excluding hydrogens is 345 g/mol. The molecule has 3 unspecified atom stereocenters. The standard InChI is InChI=1S/C9H23O9P3/c1-13-19(4,10)16-7-9(18-21(6,12)15-3)8-17-20(5,11)14-2/h9H,7-8H2,1-6H3. The SMILES string of the molecule is COP(C)(=O)OCC(COP(C)(=O)OC)OP(C)(=O)OC. The number of hydrogen-bond acceptors (Lipinski definition) is 9. The van der Waals surface area contributed by atoms with E-state index in [0.29, 0.717) is 0 Å². The summed E-state index contributed by atoms with van der Waals surface area (Å²) in [7, 11) is -6.12. The van der Waals surface area contributed by atoms with E-state index < -0.39 is 28.9 Å². The van der Waals surface area contributed by atoms with Gasteiger partial charge in [0.05, 0.1) is 13.2 Å². The summed E-state index contributed by atoms with van der Waals surface area (Å²) < 4.78 is 64.5. The van der Waals surface area contributed by atoms with Crippen LogP contribution in [0.1, 0.15) is 0 Å². The van der Waals surface area contributed by atoms with Crippen LogP contribution in [0.5, 0.6) is 0 Å². The van der Waals surface area contributed by atoms with E-state index in [1.165, 1.54) is 41.3 Å². The highest BCUT2D eigenvalue weighted by Gasteiger charge is 2.27. The fraction of sp³-hybridized carbons (Fsp3) is 1.00. The van der Waals surface area contributed by atoms with Crippen LogP contribution in [0.15, 0.2) is 0 Å². The fourth-order valence-electron chi connectivity index (χ4n) is 0.965. The second kappa shape index (κ2) is 8.92. The van der Waals surface area contributed by atoms with Crippen molar-refractivity contribution in [3.8, 4) is 0 Å². The van der Waals surface area contributed by atoms with E-state index in [2.05, 4.69) is 9.05 Å². The Morgan fingerprint density at radius 1 is 0.714 bits per heavy atom. The Bertz CT molecular complexity index is 424. The van der Waals surface area contributed by atoms with E-state index in [1.807, 2.05) is 0 Å². The van der Waals surface area contributed by atoms with Gasteiger partial charge in [0.25, 0.3) is 0 Å². The van der Waals surface area contributed by atoms with E-state index in [1.54, 1.807) is 0 Å². The molecule has 0 bridgehead atoms. The molecule has 3 atom stereocenters. The zero-order valence-corrected chi connectivity index (χ0v) is 15.7. The maximum atomic E-state index is 11.8. The first-order chi connectivity index (χ1) is 9.47. The highest BCUT2D eigenvalue weighted by atomic mass is 31.2. The maximum absolute atomic E-state index is 11.8. The van der Waals surface area contributed by atoms with Gasteiger partial charge in [-0.15, -0.1) is 0 Å². The minimum absolute atomic E-state index is 0.244. The maximum Gasteiger partial charge on any atom is 0.327 e. The molecule has 0 aromatic rings. The summed E-state index contributed by atoms with van der Waals surface area (Å²) in [5.74, 6) is 0. The molecule has 0 saturated heterocycles. The lowest BCUT2D eigenvalue weighted by Gasteiger charge is -2.23. The third kappa shape index (κ3) is 9.95. The Kier molecular flexibility index (Phi) is 9.11. The Hall–Kier alpha value is 0.450. The van der Waals surface area contributed by atoms with Crippen LogP contribution in [0.3, 0.4) is 0 Å². The average molecular weight is 368 g/mol. The lowest BCUT2D eigenvalue weighted by molar-refractivity contribution is 0.0586. The predicted octanol–water partition coefficient (Wildman–Crippen LogP) is 2.81. The lowest BCUT2D eigenvalue weighted by Crippen LogP contribution is -2.24. The Morgan fingerprint density at radius 2 is 1.05 bits per heavy atom. The summed E-state index contributed by atoms with van der Waals surface area (Å²) in [6.07, 6.45) is -0.923. The summed E-state index contributed by atoms with van der Waals surface area (Å²) in [6.45, 7) is 3.31. The van der Waals surface area contributed by atoms with Gasteiger partial charge in [-0.1, -0.05) is 0 Å². The van der Waals surface area contributed by atoms with Gasteiger partial charge in [-0.25, -0.2) is 0 Å². The van der Waals surface area contributed by atoms with Gasteiger partial charge in [-0.2, -0.15) is 0 Å². The molecule has 0 fully saturated rings. The first kappa shape index (κ1) is 21.4. The van der Waals surface area contributed by atoms with E-state index in [-0.39, 0.29) is 13.2 Å². The molecule has 0 radical (unpaired) electrons. The molecule has 12 heteroatoms. The van der Waals surface area contributed by atoms with E-state index >= 15 is 0 Å². The average Bonchev–Trinajstić information content (AvgIpc) is 2.42. The zero-order chi connectivity index (χ0) is 16.7. The number of rotatable bonds is 11. The number of hydrogen-bond donors (Lipinski definition) is 0. The minimum Gasteiger partial charge on any atom is -0.312 e. The van der Waals surface area contributed by atoms with Crippen LogP contribution in [0.4, 0.5) is 0 Å². The third-order valence-corrected chi connectivity index (χ3v) is 6.23. The van der Waals surface area contributed by atoms with Gasteiger partial charge in [0.15, 0.2) is 0 Å². The van der Waals surface area contributed by atoms with Crippen molar-refractivity contribution in [3.63, 3.8) is 0 Å². The third-order valence-electron chi connectivity index (χ3n) is 2.33. The van der Waals surface area contributed by atoms with E-state index in [0.717, 1.165) is 0 Å². The van der Waals surface area contributed by atoms with Crippen molar-refractivity contribution in [2.45, 2.75) is 6.10 Å². The summed E-state index contributed by atoms with van der Waals surface area (Å²) in [6, 6.07) is 0. The quantitative estimate of drug-likeness (QED) is 0.509. The Labute approximate surface area is 125 Å². The molecule has 0 aliphatic carbocycles. The van der Waals surface area contributed by atoms with Crippen LogP contribution < -0.4 is 0 Å². The second-order valence-corrected chi connectivity index (χ2v) is 10.6. The van der Waals surface area contributed by atoms with Gasteiger partial charge in [-0.05, 0) is 0 Å². The fourth-order valence-corrected chi connectivity index (χ4v) is 2.80. The van der Waals surface area contributed by atoms with Gasteiger partial charge in [-0.3, -0.25) is 13.7 Å². The van der Waals surface area contributed by atoms with Gasteiger partial charge in [0.1, 0.15) is 6.10 Å². The van der Waals surface area contributed by atoms with Gasteiger partial charge >= 0.3 is 22.8 Å². The summed E-state index contributed by atoms with van der Waals surface area (Å²) >= 11 is 0. The molecule has 0 aliphatic heterocycles. The Balaban J connectivity index is 4.74. The van der Waals surface area contributed by atoms with Crippen molar-refractivity contribution in [2.24, 2.45) is 0 Å². The molecule has 0 heterocycles. The highest BCUT2D eigenvalue weighted by Crippen LogP contribution is 2.48. The van der Waals surface area contributed by atoms with Crippen LogP contribution >= 0.6 is 22.8 Å². The van der Waals surface area contributed by atoms with Crippen molar-refractivity contribution < 1.29 is 40.8 Å². The monoisotopic (exact) mass is 368 g/mol. The van der Waals surface area contributed by atoms with Crippen molar-refractivity contribution >= 4 is 22.8 Å². The van der Waals surface area contributed by atoms with Crippen LogP contribution in [0.25, 0.3) is 0 Å². The lowest BCUT2D eigenvalue weighted by atomic mass is 10.4. The topological polar surface area (TPSA) is 107 Å². The normalized spacial score (nSPS) is 22.0. The van der Waals surface area contributed by atoms with Crippen LogP contribution in [0, 0.1) is 0 Å².